The molecule has 0 bridgehead atoms. The maximum absolute atomic E-state index is 13.0. The number of sulfonamides is 1. The molecule has 0 radical (unpaired) electrons. The van der Waals surface area contributed by atoms with E-state index < -0.39 is 15.6 Å². The molecule has 7 heteroatoms. The van der Waals surface area contributed by atoms with E-state index in [4.69, 9.17) is 14.3 Å². The molecule has 138 valence electrons. The van der Waals surface area contributed by atoms with Gasteiger partial charge in [0.15, 0.2) is 5.60 Å². The molecule has 4 rings (SSSR count). The maximum Gasteiger partial charge on any atom is 0.238 e. The van der Waals surface area contributed by atoms with Crippen LogP contribution < -0.4 is 5.14 Å². The summed E-state index contributed by atoms with van der Waals surface area (Å²) >= 11 is 0. The first kappa shape index (κ1) is 17.5. The minimum absolute atomic E-state index is 0.0132. The summed E-state index contributed by atoms with van der Waals surface area (Å²) in [6.07, 6.45) is 0. The van der Waals surface area contributed by atoms with E-state index in [2.05, 4.69) is 0 Å². The Morgan fingerprint density at radius 1 is 1.00 bits per heavy atom. The van der Waals surface area contributed by atoms with Crippen molar-refractivity contribution in [3.63, 3.8) is 0 Å². The predicted molar refractivity (Wildman–Crippen MR) is 101 cm³/mol. The Labute approximate surface area is 156 Å². The van der Waals surface area contributed by atoms with E-state index in [-0.39, 0.29) is 10.7 Å². The molecule has 0 saturated carbocycles. The number of rotatable bonds is 3. The van der Waals surface area contributed by atoms with Crippen LogP contribution in [0.3, 0.4) is 0 Å². The number of ether oxygens (including phenoxy) is 1. The van der Waals surface area contributed by atoms with E-state index in [1.54, 1.807) is 32.0 Å². The zero-order chi connectivity index (χ0) is 19.4. The number of hydrogen-bond donors (Lipinski definition) is 1. The van der Waals surface area contributed by atoms with Crippen LogP contribution >= 0.6 is 0 Å². The van der Waals surface area contributed by atoms with Gasteiger partial charge < -0.3 is 9.15 Å². The Bertz CT molecular complexity index is 1170. The number of fused-ring (bicyclic) bond motifs is 1. The van der Waals surface area contributed by atoms with Crippen LogP contribution in [0.5, 0.6) is 0 Å². The van der Waals surface area contributed by atoms with Gasteiger partial charge in [0.25, 0.3) is 0 Å². The van der Waals surface area contributed by atoms with Crippen LogP contribution in [0.25, 0.3) is 22.3 Å². The first-order valence-electron chi connectivity index (χ1n) is 8.27. The van der Waals surface area contributed by atoms with Gasteiger partial charge in [-0.15, -0.1) is 0 Å². The van der Waals surface area contributed by atoms with Crippen molar-refractivity contribution in [2.24, 2.45) is 5.14 Å². The zero-order valence-electron chi connectivity index (χ0n) is 14.7. The molecule has 1 aliphatic heterocycles. The third kappa shape index (κ3) is 2.94. The quantitative estimate of drug-likeness (QED) is 0.748. The highest BCUT2D eigenvalue weighted by atomic mass is 32.2. The second-order valence-corrected chi connectivity index (χ2v) is 8.42. The normalized spacial score (nSPS) is 16.8. The molecule has 27 heavy (non-hydrogen) atoms. The number of para-hydroxylation sites is 1. The first-order valence-corrected chi connectivity index (χ1v) is 9.82. The van der Waals surface area contributed by atoms with E-state index in [1.807, 2.05) is 24.3 Å². The average Bonchev–Trinajstić information content (AvgIpc) is 3.13. The van der Waals surface area contributed by atoms with Crippen molar-refractivity contribution in [2.45, 2.75) is 24.3 Å². The Hall–Kier alpha value is -2.90. The minimum Gasteiger partial charge on any atom is -0.478 e. The highest BCUT2D eigenvalue weighted by Crippen LogP contribution is 2.42. The molecule has 1 aromatic heterocycles. The SMILES string of the molecule is CC1(C)OC(c2ccc(S(N)(=O)=O)cc2)=C(c2cc3ccccc3o2)C1=O. The molecule has 2 aromatic carbocycles. The molecule has 0 fully saturated rings. The van der Waals surface area contributed by atoms with Gasteiger partial charge in [0.05, 0.1) is 4.90 Å². The molecule has 0 unspecified atom stereocenters. The van der Waals surface area contributed by atoms with Gasteiger partial charge in [-0.05, 0) is 50.2 Å². The van der Waals surface area contributed by atoms with Gasteiger partial charge in [-0.25, -0.2) is 13.6 Å². The number of hydrogen-bond acceptors (Lipinski definition) is 5. The van der Waals surface area contributed by atoms with E-state index in [0.717, 1.165) is 5.39 Å². The Morgan fingerprint density at radius 3 is 2.30 bits per heavy atom. The molecule has 0 spiro atoms. The summed E-state index contributed by atoms with van der Waals surface area (Å²) in [5.41, 5.74) is 0.514. The molecule has 3 aromatic rings. The predicted octanol–water partition coefficient (Wildman–Crippen LogP) is 3.33. The molecule has 0 saturated heterocycles. The monoisotopic (exact) mass is 383 g/mol. The van der Waals surface area contributed by atoms with E-state index in [9.17, 15) is 13.2 Å². The molecule has 0 atom stereocenters. The van der Waals surface area contributed by atoms with Gasteiger partial charge in [-0.3, -0.25) is 4.79 Å². The van der Waals surface area contributed by atoms with Crippen LogP contribution in [0.4, 0.5) is 0 Å². The number of furan rings is 1. The summed E-state index contributed by atoms with van der Waals surface area (Å²) in [6.45, 7) is 3.37. The van der Waals surface area contributed by atoms with Crippen LogP contribution in [0, 0.1) is 0 Å². The van der Waals surface area contributed by atoms with Crippen molar-refractivity contribution in [2.75, 3.05) is 0 Å². The van der Waals surface area contributed by atoms with Gasteiger partial charge in [-0.2, -0.15) is 0 Å². The lowest BCUT2D eigenvalue weighted by Gasteiger charge is -2.17. The summed E-state index contributed by atoms with van der Waals surface area (Å²) < 4.78 is 34.7. The van der Waals surface area contributed by atoms with E-state index >= 15 is 0 Å². The lowest BCUT2D eigenvalue weighted by atomic mass is 9.96. The van der Waals surface area contributed by atoms with Crippen LogP contribution in [0.2, 0.25) is 0 Å². The van der Waals surface area contributed by atoms with Crippen molar-refractivity contribution in [3.05, 3.63) is 65.9 Å². The zero-order valence-corrected chi connectivity index (χ0v) is 15.5. The molecule has 0 aliphatic carbocycles. The van der Waals surface area contributed by atoms with Crippen LogP contribution in [0.15, 0.2) is 63.9 Å². The van der Waals surface area contributed by atoms with Gasteiger partial charge in [0.1, 0.15) is 22.7 Å². The number of carbonyl (C=O) groups excluding carboxylic acids is 1. The average molecular weight is 383 g/mol. The lowest BCUT2D eigenvalue weighted by molar-refractivity contribution is -0.125. The number of primary sulfonamides is 1. The topological polar surface area (TPSA) is 99.6 Å². The third-order valence-corrected chi connectivity index (χ3v) is 5.40. The van der Waals surface area contributed by atoms with Gasteiger partial charge in [-0.1, -0.05) is 18.2 Å². The standard InChI is InChI=1S/C20H17NO5S/c1-20(2)19(22)17(16-11-13-5-3-4-6-15(13)25-16)18(26-20)12-7-9-14(10-8-12)27(21,23)24/h3-11H,1-2H3,(H2,21,23,24). The fourth-order valence-corrected chi connectivity index (χ4v) is 3.60. The van der Waals surface area contributed by atoms with Crippen molar-refractivity contribution < 1.29 is 22.4 Å². The first-order chi connectivity index (χ1) is 12.7. The number of carbonyl (C=O) groups is 1. The van der Waals surface area contributed by atoms with Crippen molar-refractivity contribution in [1.82, 2.24) is 0 Å². The van der Waals surface area contributed by atoms with Gasteiger partial charge in [0, 0.05) is 10.9 Å². The summed E-state index contributed by atoms with van der Waals surface area (Å²) in [4.78, 5) is 12.9. The van der Waals surface area contributed by atoms with E-state index in [0.29, 0.717) is 28.2 Å². The summed E-state index contributed by atoms with van der Waals surface area (Å²) in [5, 5.41) is 6.02. The fraction of sp³-hybridized carbons (Fsp3) is 0.150. The van der Waals surface area contributed by atoms with Gasteiger partial charge >= 0.3 is 0 Å². The van der Waals surface area contributed by atoms with Crippen molar-refractivity contribution in [1.29, 1.82) is 0 Å². The molecule has 2 heterocycles. The molecular weight excluding hydrogens is 366 g/mol. The second kappa shape index (κ2) is 5.80. The second-order valence-electron chi connectivity index (χ2n) is 6.86. The maximum atomic E-state index is 13.0. The lowest BCUT2D eigenvalue weighted by Crippen LogP contribution is -2.29. The van der Waals surface area contributed by atoms with Crippen molar-refractivity contribution in [3.8, 4) is 0 Å². The van der Waals surface area contributed by atoms with Crippen LogP contribution in [0.1, 0.15) is 25.2 Å². The third-order valence-electron chi connectivity index (χ3n) is 4.48. The number of benzene rings is 2. The van der Waals surface area contributed by atoms with Crippen LogP contribution in [-0.4, -0.2) is 19.8 Å². The Kier molecular flexibility index (Phi) is 3.76. The Morgan fingerprint density at radius 2 is 1.67 bits per heavy atom. The van der Waals surface area contributed by atoms with Crippen molar-refractivity contribution >= 4 is 38.1 Å². The number of Topliss-reactive ketones (excluding diaryl/α,β-unsaturated/α-hetero) is 1. The Balaban J connectivity index is 1.89. The fourth-order valence-electron chi connectivity index (χ4n) is 3.08. The highest BCUT2D eigenvalue weighted by Gasteiger charge is 2.44. The smallest absolute Gasteiger partial charge is 0.238 e. The van der Waals surface area contributed by atoms with Crippen LogP contribution in [-0.2, 0) is 19.6 Å². The highest BCUT2D eigenvalue weighted by molar-refractivity contribution is 7.89. The molecule has 1 aliphatic rings. The van der Waals surface area contributed by atoms with E-state index in [1.165, 1.54) is 12.1 Å². The summed E-state index contributed by atoms with van der Waals surface area (Å²) in [7, 11) is -3.80. The summed E-state index contributed by atoms with van der Waals surface area (Å²) in [5.74, 6) is 0.564. The molecular formula is C20H17NO5S. The number of ketones is 1. The molecule has 6 nitrogen and oxygen atoms in total. The number of nitrogens with two attached hydrogens (primary N) is 1. The molecule has 2 N–H and O–H groups in total. The largest absolute Gasteiger partial charge is 0.478 e. The molecule has 0 amide bonds. The van der Waals surface area contributed by atoms with Gasteiger partial charge in [0.2, 0.25) is 15.8 Å². The summed E-state index contributed by atoms with van der Waals surface area (Å²) in [6, 6.07) is 15.2. The minimum atomic E-state index is -3.80.